The highest BCUT2D eigenvalue weighted by Crippen LogP contribution is 2.05. The molecule has 0 fully saturated rings. The van der Waals surface area contributed by atoms with Gasteiger partial charge in [-0.3, -0.25) is 19.0 Å². The molecule has 0 unspecified atom stereocenters. The van der Waals surface area contributed by atoms with Gasteiger partial charge in [-0.1, -0.05) is 12.1 Å². The van der Waals surface area contributed by atoms with Crippen molar-refractivity contribution in [3.05, 3.63) is 40.9 Å². The van der Waals surface area contributed by atoms with Gasteiger partial charge in [-0.05, 0) is 18.6 Å². The molecule has 0 N–H and O–H groups in total. The molecule has 0 spiro atoms. The molecule has 7 nitrogen and oxygen atoms in total. The van der Waals surface area contributed by atoms with Gasteiger partial charge >= 0.3 is 5.97 Å². The van der Waals surface area contributed by atoms with Gasteiger partial charge in [0.1, 0.15) is 6.54 Å². The smallest absolute Gasteiger partial charge is 0.305 e. The summed E-state index contributed by atoms with van der Waals surface area (Å²) in [6.07, 6.45) is 2.15. The molecular weight excluding hydrogens is 298 g/mol. The van der Waals surface area contributed by atoms with E-state index in [1.54, 1.807) is 31.3 Å². The highest BCUT2D eigenvalue weighted by Gasteiger charge is 2.12. The highest BCUT2D eigenvalue weighted by atomic mass is 16.5. The molecule has 2 rings (SSSR count). The summed E-state index contributed by atoms with van der Waals surface area (Å²) in [4.78, 5) is 41.2. The van der Waals surface area contributed by atoms with E-state index < -0.39 is 0 Å². The van der Waals surface area contributed by atoms with Gasteiger partial charge in [0.2, 0.25) is 5.91 Å². The Labute approximate surface area is 133 Å². The number of carbonyl (C=O) groups is 2. The quantitative estimate of drug-likeness (QED) is 0.736. The lowest BCUT2D eigenvalue weighted by Gasteiger charge is -2.17. The van der Waals surface area contributed by atoms with Crippen LogP contribution in [-0.4, -0.2) is 47.0 Å². The molecule has 0 saturated heterocycles. The number of carbonyl (C=O) groups excluding carboxylic acids is 2. The molecule has 122 valence electrons. The van der Waals surface area contributed by atoms with Gasteiger partial charge in [-0.25, -0.2) is 4.98 Å². The predicted molar refractivity (Wildman–Crippen MR) is 84.9 cm³/mol. The van der Waals surface area contributed by atoms with Gasteiger partial charge in [-0.15, -0.1) is 0 Å². The minimum atomic E-state index is -0.305. The third-order valence-electron chi connectivity index (χ3n) is 3.56. The Hall–Kier alpha value is -2.70. The summed E-state index contributed by atoms with van der Waals surface area (Å²) < 4.78 is 5.84. The van der Waals surface area contributed by atoms with Gasteiger partial charge < -0.3 is 9.64 Å². The summed E-state index contributed by atoms with van der Waals surface area (Å²) in [6.45, 7) is 0.342. The topological polar surface area (TPSA) is 81.5 Å². The maximum absolute atomic E-state index is 12.3. The number of nitrogens with zero attached hydrogens (tertiary/aromatic N) is 3. The van der Waals surface area contributed by atoms with Crippen molar-refractivity contribution in [3.8, 4) is 0 Å². The summed E-state index contributed by atoms with van der Waals surface area (Å²) in [7, 11) is 2.97. The van der Waals surface area contributed by atoms with Crippen molar-refractivity contribution in [1.29, 1.82) is 0 Å². The Balaban J connectivity index is 2.01. The number of methoxy groups -OCH3 is 1. The van der Waals surface area contributed by atoms with E-state index >= 15 is 0 Å². The second kappa shape index (κ2) is 7.53. The minimum Gasteiger partial charge on any atom is -0.469 e. The van der Waals surface area contributed by atoms with Gasteiger partial charge in [0.15, 0.2) is 0 Å². The van der Waals surface area contributed by atoms with Crippen LogP contribution in [0, 0.1) is 0 Å². The Morgan fingerprint density at radius 1 is 1.30 bits per heavy atom. The molecule has 1 aromatic carbocycles. The zero-order valence-corrected chi connectivity index (χ0v) is 13.2. The second-order valence-electron chi connectivity index (χ2n) is 5.19. The largest absolute Gasteiger partial charge is 0.469 e. The molecule has 0 aliphatic heterocycles. The average Bonchev–Trinajstić information content (AvgIpc) is 2.57. The number of rotatable bonds is 6. The summed E-state index contributed by atoms with van der Waals surface area (Å²) in [6, 6.07) is 7.00. The fraction of sp³-hybridized carbons (Fsp3) is 0.375. The third kappa shape index (κ3) is 4.15. The van der Waals surface area contributed by atoms with E-state index in [0.29, 0.717) is 23.9 Å². The molecule has 0 aliphatic carbocycles. The van der Waals surface area contributed by atoms with E-state index in [2.05, 4.69) is 9.72 Å². The molecule has 0 radical (unpaired) electrons. The van der Waals surface area contributed by atoms with Gasteiger partial charge in [-0.2, -0.15) is 0 Å². The van der Waals surface area contributed by atoms with Crippen LogP contribution in [0.5, 0.6) is 0 Å². The zero-order valence-electron chi connectivity index (χ0n) is 13.2. The molecule has 7 heteroatoms. The number of para-hydroxylation sites is 1. The van der Waals surface area contributed by atoms with Crippen molar-refractivity contribution in [3.63, 3.8) is 0 Å². The summed E-state index contributed by atoms with van der Waals surface area (Å²) in [5, 5.41) is 0.483. The van der Waals surface area contributed by atoms with E-state index in [1.165, 1.54) is 22.9 Å². The normalized spacial score (nSPS) is 10.5. The van der Waals surface area contributed by atoms with Crippen LogP contribution in [0.1, 0.15) is 12.8 Å². The van der Waals surface area contributed by atoms with Crippen LogP contribution < -0.4 is 5.56 Å². The van der Waals surface area contributed by atoms with Crippen molar-refractivity contribution in [2.75, 3.05) is 20.7 Å². The lowest BCUT2D eigenvalue weighted by molar-refractivity contribution is -0.141. The monoisotopic (exact) mass is 317 g/mol. The number of hydrogen-bond acceptors (Lipinski definition) is 5. The maximum Gasteiger partial charge on any atom is 0.305 e. The first-order valence-electron chi connectivity index (χ1n) is 7.28. The number of aromatic nitrogens is 2. The Bertz CT molecular complexity index is 769. The van der Waals surface area contributed by atoms with Gasteiger partial charge in [0, 0.05) is 20.0 Å². The molecule has 1 heterocycles. The van der Waals surface area contributed by atoms with Crippen LogP contribution in [0.3, 0.4) is 0 Å². The van der Waals surface area contributed by atoms with E-state index in [9.17, 15) is 14.4 Å². The number of likely N-dealkylation sites (N-methyl/N-ethyl adjacent to an activating group) is 1. The van der Waals surface area contributed by atoms with Crippen LogP contribution in [-0.2, 0) is 20.9 Å². The molecule has 0 bridgehead atoms. The fourth-order valence-corrected chi connectivity index (χ4v) is 2.17. The van der Waals surface area contributed by atoms with Crippen LogP contribution in [0.25, 0.3) is 10.9 Å². The number of amides is 1. The van der Waals surface area contributed by atoms with E-state index in [0.717, 1.165) is 0 Å². The van der Waals surface area contributed by atoms with E-state index in [4.69, 9.17) is 0 Å². The Morgan fingerprint density at radius 2 is 2.04 bits per heavy atom. The third-order valence-corrected chi connectivity index (χ3v) is 3.56. The first-order chi connectivity index (χ1) is 11.0. The lowest BCUT2D eigenvalue weighted by atomic mass is 10.2. The second-order valence-corrected chi connectivity index (χ2v) is 5.19. The van der Waals surface area contributed by atoms with Crippen molar-refractivity contribution in [2.24, 2.45) is 0 Å². The zero-order chi connectivity index (χ0) is 16.8. The number of esters is 1. The van der Waals surface area contributed by atoms with Crippen LogP contribution in [0.4, 0.5) is 0 Å². The summed E-state index contributed by atoms with van der Waals surface area (Å²) in [5.41, 5.74) is 0.361. The standard InChI is InChI=1S/C16H19N3O4/c1-18(9-5-8-15(21)23-2)14(20)10-19-11-17-13-7-4-3-6-12(13)16(19)22/h3-4,6-7,11H,5,8-10H2,1-2H3. The molecule has 2 aromatic rings. The molecule has 1 amide bonds. The van der Waals surface area contributed by atoms with Crippen LogP contribution in [0.15, 0.2) is 35.4 Å². The van der Waals surface area contributed by atoms with Crippen LogP contribution in [0.2, 0.25) is 0 Å². The fourth-order valence-electron chi connectivity index (χ4n) is 2.17. The first-order valence-corrected chi connectivity index (χ1v) is 7.28. The van der Waals surface area contributed by atoms with Crippen LogP contribution >= 0.6 is 0 Å². The average molecular weight is 317 g/mol. The number of hydrogen-bond donors (Lipinski definition) is 0. The Morgan fingerprint density at radius 3 is 2.78 bits per heavy atom. The van der Waals surface area contributed by atoms with E-state index in [1.807, 2.05) is 0 Å². The summed E-state index contributed by atoms with van der Waals surface area (Å²) >= 11 is 0. The molecule has 0 aliphatic rings. The van der Waals surface area contributed by atoms with Gasteiger partial charge in [0.25, 0.3) is 5.56 Å². The van der Waals surface area contributed by atoms with Crippen molar-refractivity contribution < 1.29 is 14.3 Å². The summed E-state index contributed by atoms with van der Waals surface area (Å²) in [5.74, 6) is -0.519. The number of benzene rings is 1. The van der Waals surface area contributed by atoms with Crippen molar-refractivity contribution in [1.82, 2.24) is 14.5 Å². The SMILES string of the molecule is COC(=O)CCCN(C)C(=O)Cn1cnc2ccccc2c1=O. The molecule has 1 aromatic heterocycles. The van der Waals surface area contributed by atoms with Crippen molar-refractivity contribution >= 4 is 22.8 Å². The lowest BCUT2D eigenvalue weighted by Crippen LogP contribution is -2.34. The number of fused-ring (bicyclic) bond motifs is 1. The highest BCUT2D eigenvalue weighted by molar-refractivity contribution is 5.78. The molecule has 23 heavy (non-hydrogen) atoms. The molecule has 0 saturated carbocycles. The van der Waals surface area contributed by atoms with Gasteiger partial charge in [0.05, 0.1) is 24.3 Å². The molecule has 0 atom stereocenters. The van der Waals surface area contributed by atoms with E-state index in [-0.39, 0.29) is 30.4 Å². The predicted octanol–water partition coefficient (Wildman–Crippen LogP) is 0.808. The molecular formula is C16H19N3O4. The minimum absolute atomic E-state index is 0.0780. The Kier molecular flexibility index (Phi) is 5.46. The first kappa shape index (κ1) is 16.7. The number of ether oxygens (including phenoxy) is 1. The van der Waals surface area contributed by atoms with Crippen molar-refractivity contribution in [2.45, 2.75) is 19.4 Å². The maximum atomic E-state index is 12.3.